The number of halogens is 2. The van der Waals surface area contributed by atoms with Crippen molar-refractivity contribution in [2.75, 3.05) is 11.4 Å². The van der Waals surface area contributed by atoms with E-state index in [1.807, 2.05) is 22.6 Å². The number of aromatic carboxylic acids is 1. The minimum absolute atomic E-state index is 0.0280. The summed E-state index contributed by atoms with van der Waals surface area (Å²) in [6, 6.07) is 4.15. The third-order valence-electron chi connectivity index (χ3n) is 2.97. The molecular formula is C11H9FINO5S. The highest BCUT2D eigenvalue weighted by Crippen LogP contribution is 2.30. The molecule has 108 valence electrons. The summed E-state index contributed by atoms with van der Waals surface area (Å²) in [4.78, 5) is 23.8. The Morgan fingerprint density at radius 3 is 2.60 bits per heavy atom. The van der Waals surface area contributed by atoms with Crippen LogP contribution in [-0.4, -0.2) is 37.2 Å². The lowest BCUT2D eigenvalue weighted by molar-refractivity contribution is -0.117. The number of rotatable bonds is 3. The zero-order chi connectivity index (χ0) is 15.1. The highest BCUT2D eigenvalue weighted by molar-refractivity contribution is 14.1. The molecule has 1 aliphatic heterocycles. The minimum Gasteiger partial charge on any atom is -0.478 e. The van der Waals surface area contributed by atoms with Crippen LogP contribution in [0.15, 0.2) is 18.2 Å². The lowest BCUT2D eigenvalue weighted by atomic mass is 10.2. The molecule has 1 aromatic rings. The molecule has 0 radical (unpaired) electrons. The predicted molar refractivity (Wildman–Crippen MR) is 76.9 cm³/mol. The maximum absolute atomic E-state index is 13.0. The molecule has 0 bridgehead atoms. The summed E-state index contributed by atoms with van der Waals surface area (Å²) in [5.41, 5.74) is 0.251. The van der Waals surface area contributed by atoms with Gasteiger partial charge in [-0.15, -0.1) is 3.89 Å². The van der Waals surface area contributed by atoms with E-state index < -0.39 is 33.8 Å². The van der Waals surface area contributed by atoms with E-state index >= 15 is 0 Å². The third kappa shape index (κ3) is 2.92. The molecule has 0 aromatic heterocycles. The summed E-state index contributed by atoms with van der Waals surface area (Å²) < 4.78 is 35.3. The topological polar surface area (TPSA) is 91.8 Å². The highest BCUT2D eigenvalue weighted by atomic mass is 127. The van der Waals surface area contributed by atoms with Crippen molar-refractivity contribution >= 4 is 50.4 Å². The molecule has 1 N–H and O–H groups in total. The number of carbonyl (C=O) groups is 2. The Labute approximate surface area is 127 Å². The summed E-state index contributed by atoms with van der Waals surface area (Å²) in [5.74, 6) is -1.71. The van der Waals surface area contributed by atoms with Gasteiger partial charge in [-0.25, -0.2) is 4.79 Å². The Morgan fingerprint density at radius 1 is 1.45 bits per heavy atom. The van der Waals surface area contributed by atoms with Crippen LogP contribution in [0.5, 0.6) is 0 Å². The fraction of sp³-hybridized carbons (Fsp3) is 0.273. The summed E-state index contributed by atoms with van der Waals surface area (Å²) in [6.07, 6.45) is -0.438. The van der Waals surface area contributed by atoms with E-state index in [0.717, 1.165) is 4.90 Å². The number of benzene rings is 1. The van der Waals surface area contributed by atoms with Crippen molar-refractivity contribution in [1.29, 1.82) is 0 Å². The molecule has 1 aliphatic rings. The van der Waals surface area contributed by atoms with Crippen molar-refractivity contribution in [3.63, 3.8) is 0 Å². The first-order valence-electron chi connectivity index (χ1n) is 5.47. The molecule has 1 aromatic carbocycles. The molecule has 9 heteroatoms. The second kappa shape index (κ2) is 5.28. The molecular weight excluding hydrogens is 404 g/mol. The lowest BCUT2D eigenvalue weighted by Gasteiger charge is -2.18. The lowest BCUT2D eigenvalue weighted by Crippen LogP contribution is -2.27. The van der Waals surface area contributed by atoms with Gasteiger partial charge in [0, 0.05) is 16.5 Å². The number of carboxylic acids is 1. The van der Waals surface area contributed by atoms with Crippen LogP contribution in [-0.2, 0) is 15.0 Å². The second-order valence-corrected chi connectivity index (χ2v) is 7.06. The smallest absolute Gasteiger partial charge is 0.335 e. The highest BCUT2D eigenvalue weighted by Gasteiger charge is 2.39. The van der Waals surface area contributed by atoms with Crippen LogP contribution < -0.4 is 4.90 Å². The van der Waals surface area contributed by atoms with Crippen LogP contribution in [0.4, 0.5) is 9.57 Å². The average molecular weight is 413 g/mol. The van der Waals surface area contributed by atoms with Gasteiger partial charge in [0.1, 0.15) is 5.25 Å². The quantitative estimate of drug-likeness (QED) is 0.598. The summed E-state index contributed by atoms with van der Waals surface area (Å²) >= 11 is 1.90. The molecule has 1 saturated heterocycles. The number of hydrogen-bond donors (Lipinski definition) is 1. The second-order valence-electron chi connectivity index (χ2n) is 4.28. The molecule has 1 fully saturated rings. The van der Waals surface area contributed by atoms with Crippen molar-refractivity contribution in [2.24, 2.45) is 0 Å². The van der Waals surface area contributed by atoms with E-state index in [1.54, 1.807) is 0 Å². The Morgan fingerprint density at radius 2 is 2.10 bits per heavy atom. The van der Waals surface area contributed by atoms with Crippen molar-refractivity contribution in [3.8, 4) is 0 Å². The van der Waals surface area contributed by atoms with Crippen LogP contribution in [0, 0.1) is 3.57 Å². The van der Waals surface area contributed by atoms with E-state index in [-0.39, 0.29) is 17.8 Å². The first kappa shape index (κ1) is 15.2. The maximum Gasteiger partial charge on any atom is 0.335 e. The van der Waals surface area contributed by atoms with Gasteiger partial charge in [-0.1, -0.05) is 0 Å². The van der Waals surface area contributed by atoms with Gasteiger partial charge in [-0.3, -0.25) is 4.79 Å². The number of nitrogens with zero attached hydrogens (tertiary/aromatic N) is 1. The minimum atomic E-state index is -4.80. The summed E-state index contributed by atoms with van der Waals surface area (Å²) in [5, 5.41) is 7.52. The van der Waals surface area contributed by atoms with Gasteiger partial charge in [0.05, 0.1) is 11.3 Å². The Hall–Kier alpha value is -1.23. The Kier molecular flexibility index (Phi) is 4.00. The van der Waals surface area contributed by atoms with Crippen molar-refractivity contribution in [1.82, 2.24) is 0 Å². The molecule has 6 nitrogen and oxygen atoms in total. The van der Waals surface area contributed by atoms with Gasteiger partial charge in [0.2, 0.25) is 5.91 Å². The fourth-order valence-electron chi connectivity index (χ4n) is 1.95. The van der Waals surface area contributed by atoms with Crippen LogP contribution in [0.3, 0.4) is 0 Å². The normalized spacial score (nSPS) is 19.4. The van der Waals surface area contributed by atoms with Crippen molar-refractivity contribution in [2.45, 2.75) is 11.7 Å². The largest absolute Gasteiger partial charge is 0.478 e. The van der Waals surface area contributed by atoms with E-state index in [4.69, 9.17) is 5.11 Å². The van der Waals surface area contributed by atoms with Crippen LogP contribution in [0.2, 0.25) is 0 Å². The van der Waals surface area contributed by atoms with Crippen LogP contribution >= 0.6 is 22.6 Å². The van der Waals surface area contributed by atoms with Crippen molar-refractivity contribution < 1.29 is 27.0 Å². The van der Waals surface area contributed by atoms with Crippen LogP contribution in [0.25, 0.3) is 0 Å². The van der Waals surface area contributed by atoms with E-state index in [0.29, 0.717) is 3.57 Å². The van der Waals surface area contributed by atoms with E-state index in [1.165, 1.54) is 18.2 Å². The van der Waals surface area contributed by atoms with Gasteiger partial charge in [-0.2, -0.15) is 8.42 Å². The SMILES string of the molecule is O=C(O)c1ccc(I)c(N2CC(S(=O)(=O)F)CC2=O)c1. The number of carbonyl (C=O) groups excluding carboxylic acids is 1. The predicted octanol–water partition coefficient (Wildman–Crippen LogP) is 1.39. The molecule has 1 heterocycles. The monoisotopic (exact) mass is 413 g/mol. The molecule has 0 aliphatic carbocycles. The first-order valence-corrected chi connectivity index (χ1v) is 7.99. The summed E-state index contributed by atoms with van der Waals surface area (Å²) in [6.45, 7) is -0.309. The molecule has 0 saturated carbocycles. The average Bonchev–Trinajstić information content (AvgIpc) is 2.71. The number of hydrogen-bond acceptors (Lipinski definition) is 4. The summed E-state index contributed by atoms with van der Waals surface area (Å²) in [7, 11) is -4.80. The van der Waals surface area contributed by atoms with Gasteiger partial charge in [-0.05, 0) is 40.8 Å². The van der Waals surface area contributed by atoms with Crippen molar-refractivity contribution in [3.05, 3.63) is 27.3 Å². The molecule has 1 amide bonds. The van der Waals surface area contributed by atoms with E-state index in [2.05, 4.69) is 0 Å². The fourth-order valence-corrected chi connectivity index (χ4v) is 3.24. The van der Waals surface area contributed by atoms with Gasteiger partial charge in [0.15, 0.2) is 0 Å². The number of anilines is 1. The zero-order valence-corrected chi connectivity index (χ0v) is 12.9. The Balaban J connectivity index is 2.40. The number of carboxylic acid groups (broad SMARTS) is 1. The van der Waals surface area contributed by atoms with E-state index in [9.17, 15) is 21.9 Å². The maximum atomic E-state index is 13.0. The molecule has 20 heavy (non-hydrogen) atoms. The Bertz CT molecular complexity index is 690. The van der Waals surface area contributed by atoms with Gasteiger partial charge < -0.3 is 10.0 Å². The van der Waals surface area contributed by atoms with Crippen LogP contribution in [0.1, 0.15) is 16.8 Å². The first-order chi connectivity index (χ1) is 9.20. The van der Waals surface area contributed by atoms with Gasteiger partial charge in [0.25, 0.3) is 0 Å². The van der Waals surface area contributed by atoms with Gasteiger partial charge >= 0.3 is 16.2 Å². The molecule has 2 rings (SSSR count). The molecule has 1 atom stereocenters. The third-order valence-corrected chi connectivity index (χ3v) is 5.00. The standard InChI is InChI=1S/C11H9FINO5S/c12-20(18,19)7-4-10(15)14(5-7)9-3-6(11(16)17)1-2-8(9)13/h1-3,7H,4-5H2,(H,16,17). The zero-order valence-electron chi connectivity index (χ0n) is 9.92. The molecule has 1 unspecified atom stereocenters. The number of amides is 1. The molecule has 0 spiro atoms.